The largest absolute Gasteiger partial charge is 0.495 e. The normalized spacial score (nSPS) is 10.7. The van der Waals surface area contributed by atoms with Gasteiger partial charge in [-0.2, -0.15) is 0 Å². The van der Waals surface area contributed by atoms with Crippen molar-refractivity contribution < 1.29 is 14.6 Å². The number of aryl methyl sites for hydroxylation is 2. The molecule has 0 radical (unpaired) electrons. The van der Waals surface area contributed by atoms with Gasteiger partial charge in [0, 0.05) is 5.39 Å². The van der Waals surface area contributed by atoms with Crippen molar-refractivity contribution in [2.75, 3.05) is 7.11 Å². The van der Waals surface area contributed by atoms with Crippen molar-refractivity contribution in [1.29, 1.82) is 0 Å². The zero-order valence-corrected chi connectivity index (χ0v) is 9.42. The van der Waals surface area contributed by atoms with Crippen LogP contribution in [0, 0.1) is 13.8 Å². The highest BCUT2D eigenvalue weighted by molar-refractivity contribution is 5.99. The summed E-state index contributed by atoms with van der Waals surface area (Å²) in [6, 6.07) is 3.83. The van der Waals surface area contributed by atoms with Crippen LogP contribution in [0.15, 0.2) is 12.1 Å². The summed E-state index contributed by atoms with van der Waals surface area (Å²) in [7, 11) is 1.57. The van der Waals surface area contributed by atoms with Gasteiger partial charge >= 0.3 is 5.97 Å². The predicted octanol–water partition coefficient (Wildman–Crippen LogP) is 2.49. The average molecular weight is 219 g/mol. The van der Waals surface area contributed by atoms with Gasteiger partial charge in [-0.15, -0.1) is 0 Å². The molecule has 0 saturated carbocycles. The first-order valence-electron chi connectivity index (χ1n) is 4.94. The molecule has 0 aliphatic rings. The van der Waals surface area contributed by atoms with E-state index in [0.717, 1.165) is 22.0 Å². The quantitative estimate of drug-likeness (QED) is 0.815. The molecule has 4 nitrogen and oxygen atoms in total. The number of aromatic carboxylic acids is 1. The monoisotopic (exact) mass is 219 g/mol. The second-order valence-corrected chi connectivity index (χ2v) is 3.82. The molecule has 1 heterocycles. The fraction of sp³-hybridized carbons (Fsp3) is 0.250. The Kier molecular flexibility index (Phi) is 2.34. The minimum Gasteiger partial charge on any atom is -0.495 e. The number of nitrogens with one attached hydrogen (secondary N) is 1. The van der Waals surface area contributed by atoms with Crippen molar-refractivity contribution in [1.82, 2.24) is 4.98 Å². The number of benzene rings is 1. The summed E-state index contributed by atoms with van der Waals surface area (Å²) in [6.07, 6.45) is 0. The van der Waals surface area contributed by atoms with Crippen LogP contribution in [0.1, 0.15) is 21.6 Å². The predicted molar refractivity (Wildman–Crippen MR) is 61.3 cm³/mol. The molecule has 0 aliphatic heterocycles. The molecule has 0 saturated heterocycles. The fourth-order valence-corrected chi connectivity index (χ4v) is 1.91. The van der Waals surface area contributed by atoms with Crippen LogP contribution in [0.2, 0.25) is 0 Å². The van der Waals surface area contributed by atoms with Crippen molar-refractivity contribution in [2.45, 2.75) is 13.8 Å². The van der Waals surface area contributed by atoms with E-state index < -0.39 is 5.97 Å². The van der Waals surface area contributed by atoms with E-state index in [0.29, 0.717) is 5.75 Å². The molecule has 84 valence electrons. The summed E-state index contributed by atoms with van der Waals surface area (Å²) in [5.41, 5.74) is 2.75. The Bertz CT molecular complexity index is 569. The van der Waals surface area contributed by atoms with Crippen LogP contribution in [0.4, 0.5) is 0 Å². The molecular weight excluding hydrogens is 206 g/mol. The molecule has 0 amide bonds. The Labute approximate surface area is 92.9 Å². The lowest BCUT2D eigenvalue weighted by molar-refractivity contribution is 0.0691. The molecular formula is C12H13NO3. The van der Waals surface area contributed by atoms with Crippen LogP contribution in [0.3, 0.4) is 0 Å². The van der Waals surface area contributed by atoms with Crippen molar-refractivity contribution in [3.8, 4) is 5.75 Å². The first-order chi connectivity index (χ1) is 7.54. The third kappa shape index (κ3) is 1.43. The highest BCUT2D eigenvalue weighted by atomic mass is 16.5. The van der Waals surface area contributed by atoms with Gasteiger partial charge < -0.3 is 14.8 Å². The number of fused-ring (bicyclic) bond motifs is 1. The van der Waals surface area contributed by atoms with E-state index in [2.05, 4.69) is 4.98 Å². The molecule has 0 bridgehead atoms. The van der Waals surface area contributed by atoms with Crippen LogP contribution in [-0.2, 0) is 0 Å². The molecule has 0 fully saturated rings. The lowest BCUT2D eigenvalue weighted by Gasteiger charge is -2.03. The zero-order valence-electron chi connectivity index (χ0n) is 9.42. The van der Waals surface area contributed by atoms with Gasteiger partial charge in [0.25, 0.3) is 0 Å². The number of carboxylic acids is 1. The summed E-state index contributed by atoms with van der Waals surface area (Å²) in [5.74, 6) is -0.279. The Hall–Kier alpha value is -1.97. The average Bonchev–Trinajstić information content (AvgIpc) is 2.55. The van der Waals surface area contributed by atoms with Crippen molar-refractivity contribution in [2.24, 2.45) is 0 Å². The van der Waals surface area contributed by atoms with Crippen molar-refractivity contribution in [3.05, 3.63) is 29.0 Å². The van der Waals surface area contributed by atoms with Crippen LogP contribution in [-0.4, -0.2) is 23.2 Å². The maximum atomic E-state index is 11.0. The van der Waals surface area contributed by atoms with E-state index in [1.807, 2.05) is 19.1 Å². The first kappa shape index (κ1) is 10.5. The number of methoxy groups -OCH3 is 1. The van der Waals surface area contributed by atoms with Crippen molar-refractivity contribution >= 4 is 16.9 Å². The van der Waals surface area contributed by atoms with Gasteiger partial charge in [-0.3, -0.25) is 0 Å². The van der Waals surface area contributed by atoms with Gasteiger partial charge in [0.2, 0.25) is 0 Å². The molecule has 2 N–H and O–H groups in total. The molecule has 16 heavy (non-hydrogen) atoms. The molecule has 1 aromatic carbocycles. The highest BCUT2D eigenvalue weighted by Gasteiger charge is 2.16. The summed E-state index contributed by atoms with van der Waals surface area (Å²) >= 11 is 0. The lowest BCUT2D eigenvalue weighted by atomic mass is 10.1. The molecule has 4 heteroatoms. The SMILES string of the molecule is COc1cc(C)cc2c(C)c(C(=O)O)[nH]c12. The topological polar surface area (TPSA) is 62.3 Å². The van der Waals surface area contributed by atoms with Gasteiger partial charge in [0.1, 0.15) is 11.4 Å². The standard InChI is InChI=1S/C12H13NO3/c1-6-4-8-7(2)10(12(14)15)13-11(8)9(5-6)16-3/h4-5,13H,1-3H3,(H,14,15). The smallest absolute Gasteiger partial charge is 0.352 e. The molecule has 2 rings (SSSR count). The van der Waals surface area contributed by atoms with Gasteiger partial charge in [-0.25, -0.2) is 4.79 Å². The lowest BCUT2D eigenvalue weighted by Crippen LogP contribution is -1.98. The number of hydrogen-bond acceptors (Lipinski definition) is 2. The molecule has 1 aromatic heterocycles. The third-order valence-corrected chi connectivity index (χ3v) is 2.71. The fourth-order valence-electron chi connectivity index (χ4n) is 1.91. The maximum Gasteiger partial charge on any atom is 0.352 e. The minimum absolute atomic E-state index is 0.221. The number of ether oxygens (including phenoxy) is 1. The number of hydrogen-bond donors (Lipinski definition) is 2. The Morgan fingerprint density at radius 1 is 1.38 bits per heavy atom. The maximum absolute atomic E-state index is 11.0. The molecule has 0 atom stereocenters. The minimum atomic E-state index is -0.951. The van der Waals surface area contributed by atoms with E-state index >= 15 is 0 Å². The van der Waals surface area contributed by atoms with E-state index in [1.165, 1.54) is 0 Å². The van der Waals surface area contributed by atoms with Gasteiger partial charge in [-0.1, -0.05) is 0 Å². The highest BCUT2D eigenvalue weighted by Crippen LogP contribution is 2.30. The summed E-state index contributed by atoms with van der Waals surface area (Å²) in [6.45, 7) is 3.75. The van der Waals surface area contributed by atoms with Gasteiger partial charge in [-0.05, 0) is 37.1 Å². The number of aromatic nitrogens is 1. The molecule has 2 aromatic rings. The van der Waals surface area contributed by atoms with E-state index in [1.54, 1.807) is 14.0 Å². The van der Waals surface area contributed by atoms with Crippen LogP contribution in [0.5, 0.6) is 5.75 Å². The second-order valence-electron chi connectivity index (χ2n) is 3.82. The van der Waals surface area contributed by atoms with E-state index in [-0.39, 0.29) is 5.69 Å². The molecule has 0 spiro atoms. The van der Waals surface area contributed by atoms with E-state index in [4.69, 9.17) is 9.84 Å². The Morgan fingerprint density at radius 2 is 2.06 bits per heavy atom. The number of carboxylic acid groups (broad SMARTS) is 1. The van der Waals surface area contributed by atoms with Crippen LogP contribution >= 0.6 is 0 Å². The Morgan fingerprint density at radius 3 is 2.62 bits per heavy atom. The molecule has 0 unspecified atom stereocenters. The van der Waals surface area contributed by atoms with Gasteiger partial charge in [0.15, 0.2) is 0 Å². The van der Waals surface area contributed by atoms with Crippen LogP contribution < -0.4 is 4.74 Å². The van der Waals surface area contributed by atoms with Crippen LogP contribution in [0.25, 0.3) is 10.9 Å². The number of carbonyl (C=O) groups is 1. The van der Waals surface area contributed by atoms with E-state index in [9.17, 15) is 4.79 Å². The zero-order chi connectivity index (χ0) is 11.9. The summed E-state index contributed by atoms with van der Waals surface area (Å²) in [5, 5.41) is 9.92. The number of H-pyrrole nitrogens is 1. The second kappa shape index (κ2) is 3.56. The number of rotatable bonds is 2. The van der Waals surface area contributed by atoms with Crippen molar-refractivity contribution in [3.63, 3.8) is 0 Å². The molecule has 0 aliphatic carbocycles. The summed E-state index contributed by atoms with van der Waals surface area (Å²) in [4.78, 5) is 13.9. The Balaban J connectivity index is 2.85. The summed E-state index contributed by atoms with van der Waals surface area (Å²) < 4.78 is 5.23. The van der Waals surface area contributed by atoms with Gasteiger partial charge in [0.05, 0.1) is 12.6 Å². The third-order valence-electron chi connectivity index (χ3n) is 2.71. The number of aromatic amines is 1. The first-order valence-corrected chi connectivity index (χ1v) is 4.94.